The van der Waals surface area contributed by atoms with Crippen molar-refractivity contribution >= 4 is 23.6 Å². The Labute approximate surface area is 207 Å². The fraction of sp³-hybridized carbons (Fsp3) is 0.600. The van der Waals surface area contributed by atoms with Crippen LogP contribution in [0.15, 0.2) is 30.3 Å². The Hall–Kier alpha value is -2.82. The van der Waals surface area contributed by atoms with E-state index in [4.69, 9.17) is 17.2 Å². The predicted octanol–water partition coefficient (Wildman–Crippen LogP) is -0.213. The zero-order chi connectivity index (χ0) is 26.0. The summed E-state index contributed by atoms with van der Waals surface area (Å²) in [7, 11) is 0. The van der Waals surface area contributed by atoms with E-state index in [0.717, 1.165) is 16.9 Å². The van der Waals surface area contributed by atoms with Crippen molar-refractivity contribution in [2.45, 2.75) is 76.5 Å². The lowest BCUT2D eigenvalue weighted by atomic mass is 9.94. The molecule has 0 radical (unpaired) electrons. The van der Waals surface area contributed by atoms with Crippen LogP contribution in [-0.2, 0) is 25.6 Å². The molecule has 1 saturated heterocycles. The van der Waals surface area contributed by atoms with Crippen LogP contribution >= 0.6 is 0 Å². The van der Waals surface area contributed by atoms with Gasteiger partial charge < -0.3 is 27.8 Å². The van der Waals surface area contributed by atoms with Crippen molar-refractivity contribution in [2.75, 3.05) is 13.1 Å². The van der Waals surface area contributed by atoms with E-state index in [2.05, 4.69) is 10.6 Å². The maximum Gasteiger partial charge on any atom is 0.252 e. The Morgan fingerprint density at radius 1 is 1.06 bits per heavy atom. The predicted molar refractivity (Wildman–Crippen MR) is 134 cm³/mol. The molecule has 0 bridgehead atoms. The highest BCUT2D eigenvalue weighted by molar-refractivity contribution is 6.08. The van der Waals surface area contributed by atoms with Crippen LogP contribution < -0.4 is 27.8 Å². The molecule has 1 fully saturated rings. The third-order valence-corrected chi connectivity index (χ3v) is 6.20. The molecule has 0 aromatic heterocycles. The fourth-order valence-corrected chi connectivity index (χ4v) is 4.15. The van der Waals surface area contributed by atoms with Gasteiger partial charge >= 0.3 is 0 Å². The van der Waals surface area contributed by atoms with Gasteiger partial charge in [-0.1, -0.05) is 50.6 Å². The molecule has 194 valence electrons. The topological polar surface area (TPSA) is 174 Å². The third kappa shape index (κ3) is 7.84. The van der Waals surface area contributed by atoms with Crippen LogP contribution in [-0.4, -0.2) is 65.8 Å². The summed E-state index contributed by atoms with van der Waals surface area (Å²) in [5.41, 5.74) is 18.0. The zero-order valence-corrected chi connectivity index (χ0v) is 20.7. The van der Waals surface area contributed by atoms with Crippen LogP contribution in [0, 0.1) is 5.92 Å². The highest BCUT2D eigenvalue weighted by atomic mass is 16.2. The molecule has 10 nitrogen and oxygen atoms in total. The van der Waals surface area contributed by atoms with Crippen LogP contribution in [0.5, 0.6) is 0 Å². The largest absolute Gasteiger partial charge is 0.343 e. The highest BCUT2D eigenvalue weighted by Gasteiger charge is 2.46. The second-order valence-electron chi connectivity index (χ2n) is 9.37. The number of nitrogens with two attached hydrogens (primary N) is 3. The molecule has 1 aliphatic heterocycles. The molecule has 10 heteroatoms. The summed E-state index contributed by atoms with van der Waals surface area (Å²) in [6.07, 6.45) is 2.71. The van der Waals surface area contributed by atoms with E-state index in [1.54, 1.807) is 13.8 Å². The van der Waals surface area contributed by atoms with Gasteiger partial charge in [0.1, 0.15) is 18.1 Å². The molecule has 1 aromatic carbocycles. The van der Waals surface area contributed by atoms with E-state index in [-0.39, 0.29) is 18.8 Å². The summed E-state index contributed by atoms with van der Waals surface area (Å²) >= 11 is 0. The number of hydrogen-bond acceptors (Lipinski definition) is 7. The average Bonchev–Trinajstić information content (AvgIpc) is 2.83. The number of benzene rings is 1. The van der Waals surface area contributed by atoms with Crippen molar-refractivity contribution in [3.63, 3.8) is 0 Å². The van der Waals surface area contributed by atoms with Crippen molar-refractivity contribution < 1.29 is 19.2 Å². The molecule has 0 spiro atoms. The highest BCUT2D eigenvalue weighted by Crippen LogP contribution is 2.21. The lowest BCUT2D eigenvalue weighted by Gasteiger charge is -2.40. The Balaban J connectivity index is 2.35. The van der Waals surface area contributed by atoms with Crippen LogP contribution in [0.2, 0.25) is 0 Å². The first kappa shape index (κ1) is 28.4. The molecule has 2 rings (SSSR count). The lowest BCUT2D eigenvalue weighted by molar-refractivity contribution is -0.161. The van der Waals surface area contributed by atoms with Gasteiger partial charge in [0.25, 0.3) is 11.8 Å². The number of rotatable bonds is 13. The number of carbonyl (C=O) groups excluding carboxylic acids is 4. The Bertz CT molecular complexity index is 863. The minimum atomic E-state index is -1.06. The van der Waals surface area contributed by atoms with Gasteiger partial charge in [0.05, 0.1) is 6.04 Å². The molecule has 0 saturated carbocycles. The van der Waals surface area contributed by atoms with Crippen molar-refractivity contribution in [3.8, 4) is 0 Å². The van der Waals surface area contributed by atoms with E-state index in [1.807, 2.05) is 30.3 Å². The summed E-state index contributed by atoms with van der Waals surface area (Å²) in [6, 6.07) is 5.49. The number of nitrogens with zero attached hydrogens (tertiary/aromatic N) is 1. The van der Waals surface area contributed by atoms with Crippen molar-refractivity contribution in [2.24, 2.45) is 23.1 Å². The number of carbonyl (C=O) groups is 4. The zero-order valence-electron chi connectivity index (χ0n) is 20.7. The first-order valence-corrected chi connectivity index (χ1v) is 12.4. The minimum absolute atomic E-state index is 0.155. The number of imide groups is 1. The van der Waals surface area contributed by atoms with Crippen LogP contribution in [0.25, 0.3) is 0 Å². The molecule has 35 heavy (non-hydrogen) atoms. The smallest absolute Gasteiger partial charge is 0.252 e. The van der Waals surface area contributed by atoms with Gasteiger partial charge in [0.15, 0.2) is 0 Å². The maximum atomic E-state index is 13.8. The number of nitrogens with one attached hydrogen (secondary N) is 2. The van der Waals surface area contributed by atoms with Gasteiger partial charge in [-0.15, -0.1) is 0 Å². The van der Waals surface area contributed by atoms with Crippen LogP contribution in [0.1, 0.15) is 51.5 Å². The molecule has 4 atom stereocenters. The molecule has 0 aliphatic carbocycles. The van der Waals surface area contributed by atoms with E-state index in [9.17, 15) is 19.2 Å². The van der Waals surface area contributed by atoms with Crippen LogP contribution in [0.4, 0.5) is 0 Å². The maximum absolute atomic E-state index is 13.8. The molecule has 1 aromatic rings. The first-order valence-electron chi connectivity index (χ1n) is 12.4. The quantitative estimate of drug-likeness (QED) is 0.239. The monoisotopic (exact) mass is 488 g/mol. The molecule has 1 heterocycles. The minimum Gasteiger partial charge on any atom is -0.343 e. The van der Waals surface area contributed by atoms with E-state index < -0.39 is 47.8 Å². The Morgan fingerprint density at radius 2 is 1.71 bits per heavy atom. The lowest BCUT2D eigenvalue weighted by Crippen LogP contribution is -2.68. The van der Waals surface area contributed by atoms with Crippen molar-refractivity contribution in [3.05, 3.63) is 35.9 Å². The second-order valence-corrected chi connectivity index (χ2v) is 9.37. The Kier molecular flexibility index (Phi) is 11.3. The summed E-state index contributed by atoms with van der Waals surface area (Å²) in [4.78, 5) is 54.1. The van der Waals surface area contributed by atoms with Gasteiger partial charge in [0.2, 0.25) is 11.8 Å². The van der Waals surface area contributed by atoms with Gasteiger partial charge in [-0.05, 0) is 50.3 Å². The number of amides is 4. The molecule has 2 unspecified atom stereocenters. The van der Waals surface area contributed by atoms with Gasteiger partial charge in [-0.2, -0.15) is 0 Å². The fourth-order valence-electron chi connectivity index (χ4n) is 4.15. The van der Waals surface area contributed by atoms with E-state index in [1.165, 1.54) is 0 Å². The van der Waals surface area contributed by atoms with E-state index in [0.29, 0.717) is 32.4 Å². The van der Waals surface area contributed by atoms with Gasteiger partial charge in [-0.3, -0.25) is 24.1 Å². The molecule has 4 amide bonds. The molecular formula is C25H40N6O4. The average molecular weight is 489 g/mol. The van der Waals surface area contributed by atoms with Gasteiger partial charge in [0, 0.05) is 6.42 Å². The molecule has 8 N–H and O–H groups in total. The summed E-state index contributed by atoms with van der Waals surface area (Å²) in [6.45, 7) is 4.42. The second kappa shape index (κ2) is 13.9. The van der Waals surface area contributed by atoms with Crippen molar-refractivity contribution in [1.82, 2.24) is 15.5 Å². The first-order chi connectivity index (χ1) is 16.7. The SMILES string of the molecule is CC(C)[C@@H]1NC(=O)[C@@H](CCCN)N(C(=O)C(Cc2ccccc2)NC(=O)C(N)CCCCN)C1=O. The number of hydrogen-bond donors (Lipinski definition) is 5. The standard InChI is InChI=1S/C25H40N6O4/c1-16(2)21-25(35)31(20(12-8-14-27)23(33)30-21)24(34)19(15-17-9-4-3-5-10-17)29-22(32)18(28)11-6-7-13-26/h3-5,9-10,16,18-21H,6-8,11-15,26-28H2,1-2H3,(H,29,32)(H,30,33)/t18?,19?,20-,21+/m1/s1. The Morgan fingerprint density at radius 3 is 2.31 bits per heavy atom. The number of piperazine rings is 1. The van der Waals surface area contributed by atoms with Crippen LogP contribution in [0.3, 0.4) is 0 Å². The molecular weight excluding hydrogens is 448 g/mol. The summed E-state index contributed by atoms with van der Waals surface area (Å²) in [5, 5.41) is 5.50. The summed E-state index contributed by atoms with van der Waals surface area (Å²) < 4.78 is 0. The third-order valence-electron chi connectivity index (χ3n) is 6.20. The molecule has 1 aliphatic rings. The van der Waals surface area contributed by atoms with Crippen molar-refractivity contribution in [1.29, 1.82) is 0 Å². The number of unbranched alkanes of at least 4 members (excludes halogenated alkanes) is 1. The normalized spacial score (nSPS) is 19.9. The van der Waals surface area contributed by atoms with Gasteiger partial charge in [-0.25, -0.2) is 0 Å². The summed E-state index contributed by atoms with van der Waals surface area (Å²) in [5.74, 6) is -2.19. The van der Waals surface area contributed by atoms with E-state index >= 15 is 0 Å².